The van der Waals surface area contributed by atoms with Gasteiger partial charge in [-0.3, -0.25) is 4.79 Å². The van der Waals surface area contributed by atoms with Crippen LogP contribution in [0.4, 0.5) is 0 Å². The molecule has 0 spiro atoms. The Kier molecular flexibility index (Phi) is 1.44. The van der Waals surface area contributed by atoms with Crippen LogP contribution < -0.4 is 0 Å². The number of nitrogens with zero attached hydrogens (tertiary/aromatic N) is 3. The first-order valence-electron chi connectivity index (χ1n) is 11.1. The van der Waals surface area contributed by atoms with Crippen LogP contribution in [0, 0.1) is 6.92 Å². The molecule has 1 aromatic carbocycles. The lowest BCUT2D eigenvalue weighted by atomic mass is 10.0. The van der Waals surface area contributed by atoms with Crippen molar-refractivity contribution in [2.24, 2.45) is 6.98 Å². The standard InChI is InChI=1S/C17H18N4O/c1-11-13(19-10-18-11)9-21-8-7-15-16(17(21)22)12-5-3-4-6-14(12)20(15)2/h3-6,10H,7-9H2,1-2H3,(H,18,19)/i2D3,7D2,8D2,9D2. The number of amides is 1. The van der Waals surface area contributed by atoms with Crippen LogP contribution in [-0.4, -0.2) is 31.8 Å². The minimum absolute atomic E-state index is 0.0267. The molecule has 0 aliphatic carbocycles. The summed E-state index contributed by atoms with van der Waals surface area (Å²) in [4.78, 5) is 20.3. The van der Waals surface area contributed by atoms with Crippen LogP contribution in [0.25, 0.3) is 10.9 Å². The zero-order valence-electron chi connectivity index (χ0n) is 20.6. The first-order chi connectivity index (χ1) is 14.1. The van der Waals surface area contributed by atoms with Crippen molar-refractivity contribution in [2.45, 2.75) is 19.8 Å². The number of rotatable bonds is 2. The number of hydrogen-bond donors (Lipinski definition) is 1. The van der Waals surface area contributed by atoms with E-state index < -0.39 is 37.9 Å². The highest BCUT2D eigenvalue weighted by Crippen LogP contribution is 2.30. The number of fused-ring (bicyclic) bond motifs is 3. The summed E-state index contributed by atoms with van der Waals surface area (Å²) in [7, 11) is 0. The molecule has 0 saturated heterocycles. The first kappa shape index (κ1) is 6.69. The van der Waals surface area contributed by atoms with Gasteiger partial charge in [-0.15, -0.1) is 0 Å². The third kappa shape index (κ3) is 1.78. The fraction of sp³-hybridized carbons (Fsp3) is 0.294. The SMILES string of the molecule is [2H]C([2H])(c1nc[nH]c1C)N1C(=O)c2c(n(C([2H])([2H])[2H])c3ccccc23)C([2H])([2H])C1([2H])[2H]. The van der Waals surface area contributed by atoms with Gasteiger partial charge in [0.25, 0.3) is 5.91 Å². The Labute approximate surface area is 141 Å². The summed E-state index contributed by atoms with van der Waals surface area (Å²) < 4.78 is 75.5. The average Bonchev–Trinajstić information content (AvgIpc) is 3.21. The van der Waals surface area contributed by atoms with Crippen molar-refractivity contribution in [3.63, 3.8) is 0 Å². The summed E-state index contributed by atoms with van der Waals surface area (Å²) in [6, 6.07) is 5.89. The molecule has 0 fully saturated rings. The summed E-state index contributed by atoms with van der Waals surface area (Å²) >= 11 is 0. The lowest BCUT2D eigenvalue weighted by Crippen LogP contribution is -2.37. The van der Waals surface area contributed by atoms with Gasteiger partial charge >= 0.3 is 0 Å². The first-order valence-corrected chi connectivity index (χ1v) is 6.64. The molecule has 1 N–H and O–H groups in total. The molecule has 3 heterocycles. The van der Waals surface area contributed by atoms with Crippen LogP contribution in [0.15, 0.2) is 30.6 Å². The fourth-order valence-electron chi connectivity index (χ4n) is 2.50. The molecule has 3 aromatic rings. The highest BCUT2D eigenvalue weighted by atomic mass is 16.2. The predicted octanol–water partition coefficient (Wildman–Crippen LogP) is 2.41. The Morgan fingerprint density at radius 2 is 2.36 bits per heavy atom. The minimum atomic E-state index is -3.25. The number of aromatic nitrogens is 3. The Bertz CT molecular complexity index is 1210. The number of imidazole rings is 1. The number of para-hydroxylation sites is 1. The van der Waals surface area contributed by atoms with E-state index in [1.165, 1.54) is 37.5 Å². The minimum Gasteiger partial charge on any atom is -0.348 e. The molecular formula is C17H18N4O. The van der Waals surface area contributed by atoms with Crippen LogP contribution in [0.2, 0.25) is 0 Å². The van der Waals surface area contributed by atoms with E-state index in [4.69, 9.17) is 12.3 Å². The number of carbonyl (C=O) groups is 1. The maximum absolute atomic E-state index is 13.6. The van der Waals surface area contributed by atoms with E-state index in [9.17, 15) is 4.79 Å². The Morgan fingerprint density at radius 3 is 3.14 bits per heavy atom. The molecular weight excluding hydrogens is 276 g/mol. The Balaban J connectivity index is 2.11. The molecule has 5 heteroatoms. The maximum Gasteiger partial charge on any atom is 0.256 e. The molecule has 1 amide bonds. The molecule has 5 nitrogen and oxygen atoms in total. The van der Waals surface area contributed by atoms with Crippen molar-refractivity contribution in [2.75, 3.05) is 6.50 Å². The van der Waals surface area contributed by atoms with Crippen molar-refractivity contribution in [3.8, 4) is 0 Å². The largest absolute Gasteiger partial charge is 0.348 e. The number of H-pyrrole nitrogens is 1. The molecule has 0 atom stereocenters. The van der Waals surface area contributed by atoms with Gasteiger partial charge in [-0.25, -0.2) is 4.98 Å². The summed E-state index contributed by atoms with van der Waals surface area (Å²) in [5, 5.41) is 0.0950. The number of carbonyl (C=O) groups excluding carboxylic acids is 1. The van der Waals surface area contributed by atoms with Crippen LogP contribution in [-0.2, 0) is 19.8 Å². The van der Waals surface area contributed by atoms with Gasteiger partial charge in [-0.2, -0.15) is 0 Å². The van der Waals surface area contributed by atoms with Gasteiger partial charge in [-0.1, -0.05) is 18.2 Å². The van der Waals surface area contributed by atoms with E-state index in [2.05, 4.69) is 9.97 Å². The van der Waals surface area contributed by atoms with Crippen molar-refractivity contribution in [1.29, 1.82) is 0 Å². The highest BCUT2D eigenvalue weighted by molar-refractivity contribution is 6.09. The van der Waals surface area contributed by atoms with Crippen LogP contribution >= 0.6 is 0 Å². The second-order valence-electron chi connectivity index (χ2n) is 4.94. The van der Waals surface area contributed by atoms with Crippen LogP contribution in [0.1, 0.15) is 39.8 Å². The number of benzene rings is 1. The molecule has 22 heavy (non-hydrogen) atoms. The molecule has 4 rings (SSSR count). The second-order valence-corrected chi connectivity index (χ2v) is 4.94. The van der Waals surface area contributed by atoms with Gasteiger partial charge in [0, 0.05) is 51.7 Å². The molecule has 0 unspecified atom stereocenters. The second kappa shape index (κ2) is 4.73. The number of hydrogen-bond acceptors (Lipinski definition) is 2. The van der Waals surface area contributed by atoms with Gasteiger partial charge in [0.05, 0.1) is 26.8 Å². The molecule has 1 aliphatic heterocycles. The topological polar surface area (TPSA) is 53.9 Å². The smallest absolute Gasteiger partial charge is 0.256 e. The van der Waals surface area contributed by atoms with E-state index in [1.807, 2.05) is 0 Å². The summed E-state index contributed by atoms with van der Waals surface area (Å²) in [5.74, 6) is -1.17. The lowest BCUT2D eigenvalue weighted by Gasteiger charge is -2.27. The van der Waals surface area contributed by atoms with Crippen molar-refractivity contribution in [3.05, 3.63) is 53.2 Å². The van der Waals surface area contributed by atoms with Gasteiger partial charge in [-0.05, 0) is 13.0 Å². The summed E-state index contributed by atoms with van der Waals surface area (Å²) in [6.45, 7) is -7.50. The zero-order valence-corrected chi connectivity index (χ0v) is 11.6. The Hall–Kier alpha value is -2.56. The van der Waals surface area contributed by atoms with Gasteiger partial charge < -0.3 is 14.5 Å². The summed E-state index contributed by atoms with van der Waals surface area (Å²) in [5.41, 5.74) is -1.04. The van der Waals surface area contributed by atoms with Crippen molar-refractivity contribution in [1.82, 2.24) is 19.4 Å². The van der Waals surface area contributed by atoms with Crippen molar-refractivity contribution >= 4 is 16.8 Å². The average molecular weight is 303 g/mol. The zero-order chi connectivity index (χ0) is 23.1. The third-order valence-electron chi connectivity index (χ3n) is 3.63. The van der Waals surface area contributed by atoms with E-state index in [1.54, 1.807) is 0 Å². The van der Waals surface area contributed by atoms with Crippen LogP contribution in [0.5, 0.6) is 0 Å². The molecule has 2 aromatic heterocycles. The normalized spacial score (nSPS) is 26.5. The third-order valence-corrected chi connectivity index (χ3v) is 3.63. The molecule has 0 radical (unpaired) electrons. The highest BCUT2D eigenvalue weighted by Gasteiger charge is 2.30. The van der Waals surface area contributed by atoms with Crippen molar-refractivity contribution < 1.29 is 17.1 Å². The number of aromatic amines is 1. The number of nitrogens with one attached hydrogen (secondary N) is 1. The van der Waals surface area contributed by atoms with E-state index in [0.29, 0.717) is 4.57 Å². The number of aryl methyl sites for hydroxylation is 2. The monoisotopic (exact) mass is 303 g/mol. The Morgan fingerprint density at radius 1 is 1.50 bits per heavy atom. The summed E-state index contributed by atoms with van der Waals surface area (Å²) in [6.07, 6.45) is -1.88. The molecule has 0 bridgehead atoms. The van der Waals surface area contributed by atoms with E-state index in [-0.39, 0.29) is 32.8 Å². The molecule has 0 saturated carbocycles. The van der Waals surface area contributed by atoms with Gasteiger partial charge in [0.2, 0.25) is 0 Å². The fourth-order valence-corrected chi connectivity index (χ4v) is 2.50. The molecule has 1 aliphatic rings. The predicted molar refractivity (Wildman–Crippen MR) is 84.7 cm³/mol. The van der Waals surface area contributed by atoms with E-state index >= 15 is 0 Å². The lowest BCUT2D eigenvalue weighted by molar-refractivity contribution is 0.0725. The quantitative estimate of drug-likeness (QED) is 0.790. The maximum atomic E-state index is 13.6. The molecule has 112 valence electrons. The van der Waals surface area contributed by atoms with Gasteiger partial charge in [0.15, 0.2) is 0 Å². The van der Waals surface area contributed by atoms with Gasteiger partial charge in [0.1, 0.15) is 0 Å². The van der Waals surface area contributed by atoms with E-state index in [0.717, 1.165) is 0 Å². The van der Waals surface area contributed by atoms with Crippen LogP contribution in [0.3, 0.4) is 0 Å².